The van der Waals surface area contributed by atoms with Crippen LogP contribution in [-0.2, 0) is 40.1 Å². The lowest BCUT2D eigenvalue weighted by atomic mass is 10.1. The number of carbonyl (C=O) groups is 4. The first-order chi connectivity index (χ1) is 18.6. The maximum absolute atomic E-state index is 12.1. The van der Waals surface area contributed by atoms with E-state index in [1.165, 1.54) is 22.7 Å². The zero-order chi connectivity index (χ0) is 29.8. The molecule has 0 bridgehead atoms. The molecule has 0 fully saturated rings. The van der Waals surface area contributed by atoms with Crippen molar-refractivity contribution in [3.63, 3.8) is 0 Å². The molecule has 2 aromatic heterocycles. The molecule has 0 unspecified atom stereocenters. The number of nitrogens with zero attached hydrogens (tertiary/aromatic N) is 2. The molecule has 0 aromatic carbocycles. The fraction of sp³-hybridized carbons (Fsp3) is 0.586. The molecule has 41 heavy (non-hydrogen) atoms. The first-order valence-electron chi connectivity index (χ1n) is 13.2. The van der Waals surface area contributed by atoms with Crippen LogP contribution in [0.4, 0.5) is 9.59 Å². The smallest absolute Gasteiger partial charge is 0.410 e. The average Bonchev–Trinajstić information content (AvgIpc) is 3.46. The number of esters is 1. The van der Waals surface area contributed by atoms with Crippen molar-refractivity contribution in [1.82, 2.24) is 9.80 Å². The molecule has 0 saturated heterocycles. The quantitative estimate of drug-likeness (QED) is 0.305. The van der Waals surface area contributed by atoms with Crippen molar-refractivity contribution >= 4 is 46.8 Å². The lowest BCUT2D eigenvalue weighted by Gasteiger charge is -2.29. The molecule has 4 heterocycles. The van der Waals surface area contributed by atoms with Gasteiger partial charge in [-0.05, 0) is 84.6 Å². The molecule has 0 saturated carbocycles. The molecule has 2 aromatic rings. The van der Waals surface area contributed by atoms with Gasteiger partial charge < -0.3 is 29.1 Å². The maximum Gasteiger partial charge on any atom is 0.410 e. The van der Waals surface area contributed by atoms with Gasteiger partial charge in [0.15, 0.2) is 0 Å². The molecule has 0 aliphatic carbocycles. The zero-order valence-electron chi connectivity index (χ0n) is 24.1. The molecule has 0 radical (unpaired) electrons. The number of carbonyl (C=O) groups excluding carboxylic acids is 3. The van der Waals surface area contributed by atoms with Crippen LogP contribution in [0.15, 0.2) is 12.1 Å². The van der Waals surface area contributed by atoms with Gasteiger partial charge in [0.25, 0.3) is 0 Å². The second kappa shape index (κ2) is 13.7. The summed E-state index contributed by atoms with van der Waals surface area (Å²) in [5.41, 5.74) is 0.917. The van der Waals surface area contributed by atoms with E-state index in [0.29, 0.717) is 49.0 Å². The van der Waals surface area contributed by atoms with E-state index in [-0.39, 0.29) is 25.6 Å². The minimum Gasteiger partial charge on any atom is -0.477 e. The lowest BCUT2D eigenvalue weighted by Crippen LogP contribution is -2.39. The highest BCUT2D eigenvalue weighted by Crippen LogP contribution is 2.30. The molecular weight excluding hydrogens is 568 g/mol. The average molecular weight is 611 g/mol. The van der Waals surface area contributed by atoms with Crippen molar-refractivity contribution in [1.29, 1.82) is 0 Å². The van der Waals surface area contributed by atoms with Gasteiger partial charge in [-0.3, -0.25) is 0 Å². The Morgan fingerprint density at radius 3 is 1.61 bits per heavy atom. The number of carboxylic acids is 1. The van der Waals surface area contributed by atoms with E-state index >= 15 is 0 Å². The molecule has 228 valence electrons. The van der Waals surface area contributed by atoms with Crippen LogP contribution in [0.25, 0.3) is 0 Å². The summed E-state index contributed by atoms with van der Waals surface area (Å²) in [5.74, 6) is -1.20. The van der Waals surface area contributed by atoms with Crippen molar-refractivity contribution in [2.75, 3.05) is 19.7 Å². The maximum atomic E-state index is 12.1. The number of aromatic carboxylic acids is 1. The van der Waals surface area contributed by atoms with Gasteiger partial charge in [0.2, 0.25) is 0 Å². The minimum absolute atomic E-state index is 0. The molecule has 10 nitrogen and oxygen atoms in total. The van der Waals surface area contributed by atoms with E-state index in [1.807, 2.05) is 47.6 Å². The Hall–Kier alpha value is -3.12. The van der Waals surface area contributed by atoms with Crippen LogP contribution in [0.5, 0.6) is 0 Å². The topological polar surface area (TPSA) is 123 Å². The second-order valence-corrected chi connectivity index (χ2v) is 13.7. The van der Waals surface area contributed by atoms with Gasteiger partial charge in [-0.25, -0.2) is 19.2 Å². The molecule has 1 N–H and O–H groups in total. The predicted octanol–water partition coefficient (Wildman–Crippen LogP) is 6.59. The molecular formula is C29H42N2O8S2. The molecule has 0 spiro atoms. The van der Waals surface area contributed by atoms with E-state index in [4.69, 9.17) is 19.3 Å². The number of hydrogen-bond donors (Lipinski definition) is 1. The van der Waals surface area contributed by atoms with E-state index in [0.717, 1.165) is 27.3 Å². The first-order valence-corrected chi connectivity index (χ1v) is 14.8. The Kier molecular flexibility index (Phi) is 11.4. The second-order valence-electron chi connectivity index (χ2n) is 11.4. The van der Waals surface area contributed by atoms with Crippen molar-refractivity contribution in [3.05, 3.63) is 42.8 Å². The van der Waals surface area contributed by atoms with Crippen LogP contribution in [0.3, 0.4) is 0 Å². The fourth-order valence-electron chi connectivity index (χ4n) is 4.04. The molecule has 4 rings (SSSR count). The Bertz CT molecular complexity index is 1250. The predicted molar refractivity (Wildman–Crippen MR) is 159 cm³/mol. The Morgan fingerprint density at radius 2 is 1.22 bits per heavy atom. The molecule has 0 atom stereocenters. The zero-order valence-corrected chi connectivity index (χ0v) is 25.8. The van der Waals surface area contributed by atoms with E-state index in [2.05, 4.69) is 0 Å². The van der Waals surface area contributed by atoms with Gasteiger partial charge in [0.05, 0.1) is 19.7 Å². The number of carboxylic acid groups (broad SMARTS) is 1. The van der Waals surface area contributed by atoms with E-state index in [1.54, 1.807) is 22.8 Å². The van der Waals surface area contributed by atoms with Crippen molar-refractivity contribution < 1.29 is 38.5 Å². The lowest BCUT2D eigenvalue weighted by molar-refractivity contribution is 0.0215. The minimum atomic E-state index is -0.914. The normalized spacial score (nSPS) is 14.4. The van der Waals surface area contributed by atoms with Gasteiger partial charge in [0.1, 0.15) is 21.0 Å². The number of thiophene rings is 2. The van der Waals surface area contributed by atoms with Crippen molar-refractivity contribution in [3.8, 4) is 0 Å². The molecule has 2 amide bonds. The summed E-state index contributed by atoms with van der Waals surface area (Å²) in [4.78, 5) is 53.1. The number of hydrogen-bond acceptors (Lipinski definition) is 9. The summed E-state index contributed by atoms with van der Waals surface area (Å²) in [6.07, 6.45) is 0.781. The first kappa shape index (κ1) is 34.1. The van der Waals surface area contributed by atoms with Crippen molar-refractivity contribution in [2.45, 2.75) is 93.0 Å². The van der Waals surface area contributed by atoms with Gasteiger partial charge >= 0.3 is 24.1 Å². The van der Waals surface area contributed by atoms with Gasteiger partial charge in [0, 0.05) is 22.8 Å². The van der Waals surface area contributed by atoms with Crippen LogP contribution in [0.1, 0.15) is 96.1 Å². The van der Waals surface area contributed by atoms with Gasteiger partial charge in [-0.2, -0.15) is 0 Å². The Morgan fingerprint density at radius 1 is 0.805 bits per heavy atom. The largest absolute Gasteiger partial charge is 0.477 e. The molecule has 12 heteroatoms. The van der Waals surface area contributed by atoms with Gasteiger partial charge in [-0.15, -0.1) is 22.7 Å². The molecule has 2 aliphatic rings. The third-order valence-corrected chi connectivity index (χ3v) is 8.17. The summed E-state index contributed by atoms with van der Waals surface area (Å²) in [6, 6.07) is 3.48. The monoisotopic (exact) mass is 610 g/mol. The van der Waals surface area contributed by atoms with E-state index in [9.17, 15) is 19.2 Å². The van der Waals surface area contributed by atoms with Crippen LogP contribution in [0.2, 0.25) is 0 Å². The summed E-state index contributed by atoms with van der Waals surface area (Å²) < 4.78 is 15.7. The summed E-state index contributed by atoms with van der Waals surface area (Å²) in [5, 5.41) is 8.97. The third-order valence-electron chi connectivity index (χ3n) is 5.72. The number of fused-ring (bicyclic) bond motifs is 2. The highest BCUT2D eigenvalue weighted by Gasteiger charge is 2.29. The third kappa shape index (κ3) is 9.74. The van der Waals surface area contributed by atoms with Crippen LogP contribution in [0, 0.1) is 0 Å². The summed E-state index contributed by atoms with van der Waals surface area (Å²) in [7, 11) is 0. The Balaban J connectivity index is 0.000000281. The van der Waals surface area contributed by atoms with E-state index < -0.39 is 17.2 Å². The number of ether oxygens (including phenoxy) is 3. The van der Waals surface area contributed by atoms with Crippen LogP contribution < -0.4 is 0 Å². The highest BCUT2D eigenvalue weighted by molar-refractivity contribution is 7.14. The standard InChI is InChI=1S/C15H21NO4S.C13H17NO4S.CH4/c1-5-19-13(17)12-8-10-9-16(7-6-11(10)21-12)14(18)20-15(2,3)4;1-13(2,3)18-12(17)14-5-4-9-8(7-14)6-10(19-9)11(15)16;/h8H,5-7,9H2,1-4H3;6H,4-5,7H2,1-3H3,(H,15,16);1H4. The number of rotatable bonds is 3. The highest BCUT2D eigenvalue weighted by atomic mass is 32.1. The number of amides is 2. The SMILES string of the molecule is C.CC(C)(C)OC(=O)N1CCc2sc(C(=O)O)cc2C1.CCOC(=O)c1cc2c(s1)CCN(C(=O)OC(C)(C)C)C2. The van der Waals surface area contributed by atoms with Crippen molar-refractivity contribution in [2.24, 2.45) is 0 Å². The van der Waals surface area contributed by atoms with Crippen LogP contribution in [-0.4, -0.2) is 69.9 Å². The molecule has 2 aliphatic heterocycles. The summed E-state index contributed by atoms with van der Waals surface area (Å²) in [6.45, 7) is 15.3. The van der Waals surface area contributed by atoms with Gasteiger partial charge in [-0.1, -0.05) is 7.43 Å². The Labute approximate surface area is 250 Å². The van der Waals surface area contributed by atoms with Crippen LogP contribution >= 0.6 is 22.7 Å². The summed E-state index contributed by atoms with van der Waals surface area (Å²) >= 11 is 2.75. The fourth-order valence-corrected chi connectivity index (χ4v) is 6.10.